The highest BCUT2D eigenvalue weighted by Crippen LogP contribution is 2.31. The number of benzene rings is 1. The lowest BCUT2D eigenvalue weighted by molar-refractivity contribution is -0.385. The van der Waals surface area contributed by atoms with E-state index < -0.39 is 22.8 Å². The molecule has 0 spiro atoms. The molecule has 130 valence electrons. The number of piperidine rings is 1. The number of likely N-dealkylation sites (tertiary alicyclic amines) is 1. The van der Waals surface area contributed by atoms with Gasteiger partial charge in [0.05, 0.1) is 19.1 Å². The van der Waals surface area contributed by atoms with Crippen molar-refractivity contribution in [2.75, 3.05) is 20.8 Å². The van der Waals surface area contributed by atoms with Crippen LogP contribution in [0, 0.1) is 17.0 Å². The van der Waals surface area contributed by atoms with Gasteiger partial charge in [0.2, 0.25) is 0 Å². The molecule has 2 rings (SSSR count). The Balaban J connectivity index is 2.47. The Hall–Kier alpha value is -2.64. The zero-order chi connectivity index (χ0) is 17.9. The Labute approximate surface area is 139 Å². The molecule has 24 heavy (non-hydrogen) atoms. The van der Waals surface area contributed by atoms with E-state index in [4.69, 9.17) is 9.47 Å². The van der Waals surface area contributed by atoms with Gasteiger partial charge in [0.15, 0.2) is 0 Å². The predicted octanol–water partition coefficient (Wildman–Crippen LogP) is 2.08. The zero-order valence-electron chi connectivity index (χ0n) is 13.9. The van der Waals surface area contributed by atoms with Gasteiger partial charge < -0.3 is 14.4 Å². The van der Waals surface area contributed by atoms with Crippen molar-refractivity contribution in [1.29, 1.82) is 0 Å². The molecular formula is C16H20N2O6. The summed E-state index contributed by atoms with van der Waals surface area (Å²) in [6.45, 7) is 2.02. The number of nitro benzene ring substituents is 1. The van der Waals surface area contributed by atoms with Crippen molar-refractivity contribution in [1.82, 2.24) is 4.90 Å². The molecule has 0 radical (unpaired) electrons. The van der Waals surface area contributed by atoms with E-state index in [1.807, 2.05) is 0 Å². The molecule has 0 saturated carbocycles. The number of nitrogens with zero attached hydrogens (tertiary/aromatic N) is 2. The summed E-state index contributed by atoms with van der Waals surface area (Å²) in [5, 5.41) is 11.3. The molecule has 0 bridgehead atoms. The normalized spacial score (nSPS) is 17.3. The highest BCUT2D eigenvalue weighted by Gasteiger charge is 2.36. The van der Waals surface area contributed by atoms with Crippen LogP contribution < -0.4 is 4.74 Å². The van der Waals surface area contributed by atoms with Gasteiger partial charge in [0, 0.05) is 18.7 Å². The van der Waals surface area contributed by atoms with E-state index in [-0.39, 0.29) is 11.3 Å². The van der Waals surface area contributed by atoms with Crippen molar-refractivity contribution in [2.45, 2.75) is 32.2 Å². The fourth-order valence-corrected chi connectivity index (χ4v) is 2.93. The summed E-state index contributed by atoms with van der Waals surface area (Å²) in [6, 6.07) is 1.95. The number of aryl methyl sites for hydroxylation is 1. The zero-order valence-corrected chi connectivity index (χ0v) is 13.9. The van der Waals surface area contributed by atoms with Crippen LogP contribution in [-0.2, 0) is 9.53 Å². The van der Waals surface area contributed by atoms with Crippen molar-refractivity contribution in [3.8, 4) is 5.75 Å². The molecule has 1 aliphatic rings. The Morgan fingerprint density at radius 2 is 2.00 bits per heavy atom. The molecule has 8 heteroatoms. The molecular weight excluding hydrogens is 316 g/mol. The third-order valence-electron chi connectivity index (χ3n) is 4.18. The summed E-state index contributed by atoms with van der Waals surface area (Å²) >= 11 is 0. The van der Waals surface area contributed by atoms with E-state index >= 15 is 0 Å². The first-order chi connectivity index (χ1) is 11.4. The Bertz CT molecular complexity index is 673. The van der Waals surface area contributed by atoms with Crippen LogP contribution in [0.4, 0.5) is 5.69 Å². The quantitative estimate of drug-likeness (QED) is 0.474. The molecule has 1 heterocycles. The number of methoxy groups -OCH3 is 2. The summed E-state index contributed by atoms with van der Waals surface area (Å²) < 4.78 is 9.92. The van der Waals surface area contributed by atoms with Crippen molar-refractivity contribution >= 4 is 17.6 Å². The summed E-state index contributed by atoms with van der Waals surface area (Å²) in [7, 11) is 2.69. The molecule has 1 amide bonds. The highest BCUT2D eigenvalue weighted by atomic mass is 16.6. The number of ether oxygens (including phenoxy) is 2. The minimum Gasteiger partial charge on any atom is -0.496 e. The van der Waals surface area contributed by atoms with Gasteiger partial charge in [-0.15, -0.1) is 0 Å². The van der Waals surface area contributed by atoms with Gasteiger partial charge >= 0.3 is 5.97 Å². The largest absolute Gasteiger partial charge is 0.496 e. The molecule has 1 atom stereocenters. The number of carbonyl (C=O) groups is 2. The van der Waals surface area contributed by atoms with Gasteiger partial charge in [0.25, 0.3) is 11.6 Å². The molecule has 1 aliphatic heterocycles. The van der Waals surface area contributed by atoms with Crippen LogP contribution in [0.2, 0.25) is 0 Å². The summed E-state index contributed by atoms with van der Waals surface area (Å²) in [6.07, 6.45) is 2.01. The van der Waals surface area contributed by atoms with Crippen LogP contribution in [0.25, 0.3) is 0 Å². The van der Waals surface area contributed by atoms with Crippen LogP contribution in [0.15, 0.2) is 12.1 Å². The summed E-state index contributed by atoms with van der Waals surface area (Å²) in [4.78, 5) is 36.9. The summed E-state index contributed by atoms with van der Waals surface area (Å²) in [5.41, 5.74) is 0.176. The molecule has 1 aromatic carbocycles. The first kappa shape index (κ1) is 17.7. The minimum atomic E-state index is -0.719. The van der Waals surface area contributed by atoms with Crippen LogP contribution in [-0.4, -0.2) is 48.5 Å². The monoisotopic (exact) mass is 336 g/mol. The third kappa shape index (κ3) is 3.32. The second-order valence-electron chi connectivity index (χ2n) is 5.63. The lowest BCUT2D eigenvalue weighted by Gasteiger charge is -2.33. The first-order valence-corrected chi connectivity index (χ1v) is 7.62. The Kier molecular flexibility index (Phi) is 5.38. The van der Waals surface area contributed by atoms with E-state index in [1.54, 1.807) is 6.92 Å². The van der Waals surface area contributed by atoms with Crippen molar-refractivity contribution in [3.63, 3.8) is 0 Å². The number of nitro groups is 1. The summed E-state index contributed by atoms with van der Waals surface area (Å²) in [5.74, 6) is -0.685. The van der Waals surface area contributed by atoms with E-state index in [2.05, 4.69) is 0 Å². The Morgan fingerprint density at radius 1 is 1.29 bits per heavy atom. The number of esters is 1. The molecule has 0 aliphatic carbocycles. The highest BCUT2D eigenvalue weighted by molar-refractivity contribution is 6.00. The lowest BCUT2D eigenvalue weighted by atomic mass is 9.99. The van der Waals surface area contributed by atoms with Gasteiger partial charge in [-0.1, -0.05) is 0 Å². The second-order valence-corrected chi connectivity index (χ2v) is 5.63. The van der Waals surface area contributed by atoms with Gasteiger partial charge in [-0.2, -0.15) is 0 Å². The van der Waals surface area contributed by atoms with E-state index in [9.17, 15) is 19.7 Å². The van der Waals surface area contributed by atoms with Crippen LogP contribution in [0.5, 0.6) is 5.75 Å². The number of rotatable bonds is 4. The maximum Gasteiger partial charge on any atom is 0.328 e. The molecule has 8 nitrogen and oxygen atoms in total. The van der Waals surface area contributed by atoms with E-state index in [0.717, 1.165) is 12.8 Å². The maximum atomic E-state index is 12.9. The van der Waals surface area contributed by atoms with Crippen LogP contribution >= 0.6 is 0 Å². The van der Waals surface area contributed by atoms with Crippen molar-refractivity contribution in [3.05, 3.63) is 33.4 Å². The molecule has 1 aromatic rings. The van der Waals surface area contributed by atoms with Gasteiger partial charge in [-0.05, 0) is 31.7 Å². The van der Waals surface area contributed by atoms with E-state index in [1.165, 1.54) is 31.3 Å². The molecule has 0 aromatic heterocycles. The van der Waals surface area contributed by atoms with Crippen LogP contribution in [0.3, 0.4) is 0 Å². The fourth-order valence-electron chi connectivity index (χ4n) is 2.93. The fraction of sp³-hybridized carbons (Fsp3) is 0.500. The number of hydrogen-bond donors (Lipinski definition) is 0. The Morgan fingerprint density at radius 3 is 2.58 bits per heavy atom. The maximum absolute atomic E-state index is 12.9. The molecule has 0 unspecified atom stereocenters. The number of hydrogen-bond acceptors (Lipinski definition) is 6. The molecule has 0 N–H and O–H groups in total. The minimum absolute atomic E-state index is 0.0850. The SMILES string of the molecule is COC(=O)[C@@H]1CCCCN1C(=O)c1cc(OC)c(C)cc1[N+](=O)[O-]. The number of carbonyl (C=O) groups excluding carboxylic acids is 2. The first-order valence-electron chi connectivity index (χ1n) is 7.62. The average molecular weight is 336 g/mol. The average Bonchev–Trinajstić information content (AvgIpc) is 2.60. The smallest absolute Gasteiger partial charge is 0.328 e. The predicted molar refractivity (Wildman–Crippen MR) is 85.1 cm³/mol. The van der Waals surface area contributed by atoms with Gasteiger partial charge in [0.1, 0.15) is 17.4 Å². The van der Waals surface area contributed by atoms with E-state index in [0.29, 0.717) is 24.3 Å². The van der Waals surface area contributed by atoms with Gasteiger partial charge in [-0.25, -0.2) is 4.79 Å². The second kappa shape index (κ2) is 7.29. The van der Waals surface area contributed by atoms with Crippen molar-refractivity contribution < 1.29 is 24.0 Å². The topological polar surface area (TPSA) is 99.0 Å². The molecule has 1 saturated heterocycles. The van der Waals surface area contributed by atoms with Crippen LogP contribution in [0.1, 0.15) is 35.2 Å². The van der Waals surface area contributed by atoms with Gasteiger partial charge in [-0.3, -0.25) is 14.9 Å². The number of amides is 1. The molecule has 1 fully saturated rings. The third-order valence-corrected chi connectivity index (χ3v) is 4.18. The van der Waals surface area contributed by atoms with Crippen molar-refractivity contribution in [2.24, 2.45) is 0 Å². The standard InChI is InChI=1S/C16H20N2O6/c1-10-8-13(18(21)22)11(9-14(10)23-2)15(19)17-7-5-4-6-12(17)16(20)24-3/h8-9,12H,4-7H2,1-3H3/t12-/m0/s1. The lowest BCUT2D eigenvalue weighted by Crippen LogP contribution is -2.48.